The molecule has 4 heteroatoms. The number of aryl methyl sites for hydroxylation is 1. The Balaban J connectivity index is 1.91. The lowest BCUT2D eigenvalue weighted by atomic mass is 10.0. The number of amides is 1. The third-order valence-corrected chi connectivity index (χ3v) is 4.44. The van der Waals surface area contributed by atoms with Crippen molar-refractivity contribution < 1.29 is 9.53 Å². The summed E-state index contributed by atoms with van der Waals surface area (Å²) in [5.41, 5.74) is 2.12. The molecule has 2 rings (SSSR count). The van der Waals surface area contributed by atoms with Gasteiger partial charge in [0.15, 0.2) is 0 Å². The van der Waals surface area contributed by atoms with E-state index in [-0.39, 0.29) is 11.3 Å². The Hall–Kier alpha value is -0.870. The van der Waals surface area contributed by atoms with E-state index in [1.54, 1.807) is 7.11 Å². The summed E-state index contributed by atoms with van der Waals surface area (Å²) in [7, 11) is 1.72. The molecule has 1 aliphatic carbocycles. The molecular weight excluding hydrogens is 306 g/mol. The molecule has 1 aromatic rings. The number of halogens is 1. The molecule has 1 saturated carbocycles. The van der Waals surface area contributed by atoms with Gasteiger partial charge < -0.3 is 10.1 Å². The van der Waals surface area contributed by atoms with E-state index in [0.717, 1.165) is 29.6 Å². The molecule has 104 valence electrons. The molecule has 1 amide bonds. The molecule has 1 fully saturated rings. The lowest BCUT2D eigenvalue weighted by Gasteiger charge is -2.16. The molecule has 1 N–H and O–H groups in total. The number of hydrogen-bond donors (Lipinski definition) is 1. The second-order valence-corrected chi connectivity index (χ2v) is 6.26. The number of benzene rings is 1. The topological polar surface area (TPSA) is 38.3 Å². The fourth-order valence-electron chi connectivity index (χ4n) is 2.18. The van der Waals surface area contributed by atoms with E-state index in [1.807, 2.05) is 25.1 Å². The van der Waals surface area contributed by atoms with Gasteiger partial charge in [-0.2, -0.15) is 0 Å². The number of rotatable bonds is 6. The zero-order valence-corrected chi connectivity index (χ0v) is 13.0. The van der Waals surface area contributed by atoms with Gasteiger partial charge in [-0.05, 0) is 65.2 Å². The van der Waals surface area contributed by atoms with Crippen molar-refractivity contribution >= 4 is 21.8 Å². The number of nitrogens with one attached hydrogen (secondary N) is 1. The van der Waals surface area contributed by atoms with E-state index in [9.17, 15) is 4.79 Å². The van der Waals surface area contributed by atoms with Crippen LogP contribution in [0.4, 0.5) is 0 Å². The highest BCUT2D eigenvalue weighted by Gasteiger charge is 2.42. The van der Waals surface area contributed by atoms with E-state index >= 15 is 0 Å². The first-order chi connectivity index (χ1) is 9.06. The quantitative estimate of drug-likeness (QED) is 0.871. The van der Waals surface area contributed by atoms with Gasteiger partial charge in [0.1, 0.15) is 0 Å². The van der Waals surface area contributed by atoms with Crippen LogP contribution >= 0.6 is 15.9 Å². The molecule has 1 aliphatic rings. The maximum Gasteiger partial charge on any atom is 0.252 e. The SMILES string of the molecule is COCCC1(CNC(=O)c2ccc(C)cc2Br)CC1. The average molecular weight is 326 g/mol. The van der Waals surface area contributed by atoms with Crippen molar-refractivity contribution in [3.63, 3.8) is 0 Å². The molecule has 1 aromatic carbocycles. The highest BCUT2D eigenvalue weighted by atomic mass is 79.9. The predicted octanol–water partition coefficient (Wildman–Crippen LogP) is 3.30. The molecular formula is C15H20BrNO2. The van der Waals surface area contributed by atoms with E-state index in [1.165, 1.54) is 12.8 Å². The van der Waals surface area contributed by atoms with Gasteiger partial charge in [0, 0.05) is 24.7 Å². The lowest BCUT2D eigenvalue weighted by Crippen LogP contribution is -2.31. The standard InChI is InChI=1S/C15H20BrNO2/c1-11-3-4-12(13(16)9-11)14(18)17-10-15(5-6-15)7-8-19-2/h3-4,9H,5-8,10H2,1-2H3,(H,17,18). The Bertz CT molecular complexity index is 469. The number of carbonyl (C=O) groups is 1. The first-order valence-electron chi connectivity index (χ1n) is 6.60. The number of carbonyl (C=O) groups excluding carboxylic acids is 1. The molecule has 0 heterocycles. The van der Waals surface area contributed by atoms with Crippen LogP contribution in [0, 0.1) is 12.3 Å². The summed E-state index contributed by atoms with van der Waals surface area (Å²) in [6.45, 7) is 3.52. The molecule has 19 heavy (non-hydrogen) atoms. The minimum atomic E-state index is -0.00410. The van der Waals surface area contributed by atoms with Crippen LogP contribution in [0.5, 0.6) is 0 Å². The summed E-state index contributed by atoms with van der Waals surface area (Å²) >= 11 is 3.44. The van der Waals surface area contributed by atoms with Crippen LogP contribution in [-0.2, 0) is 4.74 Å². The molecule has 3 nitrogen and oxygen atoms in total. The molecule has 0 bridgehead atoms. The molecule has 0 aromatic heterocycles. The van der Waals surface area contributed by atoms with Crippen molar-refractivity contribution in [3.8, 4) is 0 Å². The van der Waals surface area contributed by atoms with Gasteiger partial charge in [-0.3, -0.25) is 4.79 Å². The van der Waals surface area contributed by atoms with Crippen molar-refractivity contribution in [2.75, 3.05) is 20.3 Å². The van der Waals surface area contributed by atoms with Crippen LogP contribution < -0.4 is 5.32 Å². The second kappa shape index (κ2) is 6.06. The van der Waals surface area contributed by atoms with Gasteiger partial charge in [-0.25, -0.2) is 0 Å². The molecule has 0 saturated heterocycles. The van der Waals surface area contributed by atoms with Crippen LogP contribution in [0.2, 0.25) is 0 Å². The van der Waals surface area contributed by atoms with Crippen molar-refractivity contribution in [2.45, 2.75) is 26.2 Å². The smallest absolute Gasteiger partial charge is 0.252 e. The van der Waals surface area contributed by atoms with Crippen LogP contribution in [-0.4, -0.2) is 26.2 Å². The maximum absolute atomic E-state index is 12.2. The number of ether oxygens (including phenoxy) is 1. The van der Waals surface area contributed by atoms with Gasteiger partial charge in [-0.15, -0.1) is 0 Å². The van der Waals surface area contributed by atoms with Gasteiger partial charge in [0.2, 0.25) is 0 Å². The van der Waals surface area contributed by atoms with Crippen molar-refractivity contribution in [1.29, 1.82) is 0 Å². The molecule has 0 unspecified atom stereocenters. The normalized spacial score (nSPS) is 16.2. The van der Waals surface area contributed by atoms with Crippen LogP contribution in [0.15, 0.2) is 22.7 Å². The Kier molecular flexibility index (Phi) is 4.63. The van der Waals surface area contributed by atoms with Crippen LogP contribution in [0.1, 0.15) is 35.2 Å². The van der Waals surface area contributed by atoms with E-state index in [2.05, 4.69) is 21.2 Å². The number of hydrogen-bond acceptors (Lipinski definition) is 2. The first-order valence-corrected chi connectivity index (χ1v) is 7.39. The summed E-state index contributed by atoms with van der Waals surface area (Å²) in [6.07, 6.45) is 3.40. The molecule has 0 radical (unpaired) electrons. The summed E-state index contributed by atoms with van der Waals surface area (Å²) in [4.78, 5) is 12.2. The van der Waals surface area contributed by atoms with Gasteiger partial charge >= 0.3 is 0 Å². The van der Waals surface area contributed by atoms with Crippen LogP contribution in [0.3, 0.4) is 0 Å². The first kappa shape index (κ1) is 14.5. The van der Waals surface area contributed by atoms with Crippen molar-refractivity contribution in [3.05, 3.63) is 33.8 Å². The van der Waals surface area contributed by atoms with Crippen LogP contribution in [0.25, 0.3) is 0 Å². The molecule has 0 atom stereocenters. The largest absolute Gasteiger partial charge is 0.385 e. The maximum atomic E-state index is 12.2. The highest BCUT2D eigenvalue weighted by Crippen LogP contribution is 2.48. The summed E-state index contributed by atoms with van der Waals surface area (Å²) < 4.78 is 5.97. The Morgan fingerprint density at radius 2 is 2.21 bits per heavy atom. The fourth-order valence-corrected chi connectivity index (χ4v) is 2.85. The molecule has 0 aliphatic heterocycles. The Morgan fingerprint density at radius 3 is 2.79 bits per heavy atom. The van der Waals surface area contributed by atoms with E-state index < -0.39 is 0 Å². The average Bonchev–Trinajstić information content (AvgIpc) is 3.14. The van der Waals surface area contributed by atoms with Crippen molar-refractivity contribution in [2.24, 2.45) is 5.41 Å². The summed E-state index contributed by atoms with van der Waals surface area (Å²) in [5, 5.41) is 3.05. The lowest BCUT2D eigenvalue weighted by molar-refractivity contribution is 0.0937. The van der Waals surface area contributed by atoms with E-state index in [0.29, 0.717) is 5.56 Å². The minimum absolute atomic E-state index is 0.00410. The van der Waals surface area contributed by atoms with E-state index in [4.69, 9.17) is 4.74 Å². The zero-order valence-electron chi connectivity index (χ0n) is 11.5. The van der Waals surface area contributed by atoms with Gasteiger partial charge in [0.05, 0.1) is 5.56 Å². The third kappa shape index (κ3) is 3.80. The second-order valence-electron chi connectivity index (χ2n) is 5.41. The van der Waals surface area contributed by atoms with Gasteiger partial charge in [-0.1, -0.05) is 6.07 Å². The summed E-state index contributed by atoms with van der Waals surface area (Å²) in [5.74, 6) is -0.00410. The Labute approximate surface area is 122 Å². The summed E-state index contributed by atoms with van der Waals surface area (Å²) in [6, 6.07) is 5.79. The third-order valence-electron chi connectivity index (χ3n) is 3.79. The predicted molar refractivity (Wildman–Crippen MR) is 79.4 cm³/mol. The van der Waals surface area contributed by atoms with Crippen molar-refractivity contribution in [1.82, 2.24) is 5.32 Å². The fraction of sp³-hybridized carbons (Fsp3) is 0.533. The monoisotopic (exact) mass is 325 g/mol. The molecule has 0 spiro atoms. The minimum Gasteiger partial charge on any atom is -0.385 e. The Morgan fingerprint density at radius 1 is 1.47 bits per heavy atom. The highest BCUT2D eigenvalue weighted by molar-refractivity contribution is 9.10. The zero-order chi connectivity index (χ0) is 13.9. The van der Waals surface area contributed by atoms with Gasteiger partial charge in [0.25, 0.3) is 5.91 Å². The number of methoxy groups -OCH3 is 1.